The van der Waals surface area contributed by atoms with Crippen molar-refractivity contribution in [1.82, 2.24) is 4.90 Å². The molecule has 106 valence electrons. The fraction of sp³-hybridized carbons (Fsp3) is 0.500. The van der Waals surface area contributed by atoms with Crippen molar-refractivity contribution in [3.05, 3.63) is 19.2 Å². The van der Waals surface area contributed by atoms with Crippen molar-refractivity contribution >= 4 is 55.1 Å². The molecule has 0 aliphatic heterocycles. The average Bonchev–Trinajstić information content (AvgIpc) is 2.68. The predicted molar refractivity (Wildman–Crippen MR) is 82.5 cm³/mol. The molecule has 0 saturated heterocycles. The minimum absolute atomic E-state index is 0.00630. The van der Waals surface area contributed by atoms with E-state index in [1.807, 2.05) is 6.92 Å². The zero-order chi connectivity index (χ0) is 14.4. The second-order valence-electron chi connectivity index (χ2n) is 3.76. The van der Waals surface area contributed by atoms with E-state index in [2.05, 4.69) is 31.9 Å². The summed E-state index contributed by atoms with van der Waals surface area (Å²) in [6.45, 7) is 4.56. The average molecular weight is 413 g/mol. The first kappa shape index (κ1) is 16.7. The van der Waals surface area contributed by atoms with Crippen molar-refractivity contribution in [2.24, 2.45) is 0 Å². The lowest BCUT2D eigenvalue weighted by molar-refractivity contribution is -0.143. The zero-order valence-corrected chi connectivity index (χ0v) is 14.7. The Hall–Kier alpha value is -0.400. The van der Waals surface area contributed by atoms with Gasteiger partial charge >= 0.3 is 5.97 Å². The second-order valence-corrected chi connectivity index (χ2v) is 6.99. The van der Waals surface area contributed by atoms with Crippen molar-refractivity contribution in [2.75, 3.05) is 19.7 Å². The highest BCUT2D eigenvalue weighted by atomic mass is 79.9. The maximum atomic E-state index is 12.3. The molecule has 1 amide bonds. The number of halogens is 2. The molecule has 0 fully saturated rings. The third-order valence-electron chi connectivity index (χ3n) is 2.26. The third kappa shape index (κ3) is 4.89. The SMILES string of the molecule is CCCN(CC(=O)OCC)C(=O)c1cc(Br)c(Br)s1. The van der Waals surface area contributed by atoms with Gasteiger partial charge in [-0.2, -0.15) is 0 Å². The van der Waals surface area contributed by atoms with E-state index < -0.39 is 0 Å². The maximum absolute atomic E-state index is 12.3. The fourth-order valence-corrected chi connectivity index (χ4v) is 3.50. The first-order chi connectivity index (χ1) is 8.99. The molecule has 0 atom stereocenters. The monoisotopic (exact) mass is 411 g/mol. The van der Waals surface area contributed by atoms with Crippen LogP contribution < -0.4 is 0 Å². The quantitative estimate of drug-likeness (QED) is 0.669. The summed E-state index contributed by atoms with van der Waals surface area (Å²) in [4.78, 5) is 25.9. The van der Waals surface area contributed by atoms with Gasteiger partial charge in [-0.15, -0.1) is 11.3 Å². The number of carbonyl (C=O) groups is 2. The Kier molecular flexibility index (Phi) is 7.02. The molecule has 0 N–H and O–H groups in total. The maximum Gasteiger partial charge on any atom is 0.325 e. The Morgan fingerprint density at radius 1 is 1.37 bits per heavy atom. The van der Waals surface area contributed by atoms with Gasteiger partial charge in [0.1, 0.15) is 6.54 Å². The van der Waals surface area contributed by atoms with Gasteiger partial charge in [-0.25, -0.2) is 0 Å². The van der Waals surface area contributed by atoms with Gasteiger partial charge in [-0.1, -0.05) is 6.92 Å². The fourth-order valence-electron chi connectivity index (χ4n) is 1.49. The summed E-state index contributed by atoms with van der Waals surface area (Å²) in [5.41, 5.74) is 0. The molecule has 7 heteroatoms. The Labute approximate surface area is 133 Å². The molecule has 0 unspecified atom stereocenters. The summed E-state index contributed by atoms with van der Waals surface area (Å²) in [7, 11) is 0. The Morgan fingerprint density at radius 3 is 2.53 bits per heavy atom. The van der Waals surface area contributed by atoms with Crippen LogP contribution in [0.25, 0.3) is 0 Å². The molecule has 19 heavy (non-hydrogen) atoms. The van der Waals surface area contributed by atoms with Crippen LogP contribution in [0, 0.1) is 0 Å². The summed E-state index contributed by atoms with van der Waals surface area (Å²) >= 11 is 8.05. The van der Waals surface area contributed by atoms with Crippen molar-refractivity contribution in [3.8, 4) is 0 Å². The van der Waals surface area contributed by atoms with Gasteiger partial charge in [0.15, 0.2) is 0 Å². The van der Waals surface area contributed by atoms with E-state index in [0.717, 1.165) is 14.7 Å². The Balaban J connectivity index is 2.80. The number of thiophene rings is 1. The van der Waals surface area contributed by atoms with Crippen LogP contribution in [0.3, 0.4) is 0 Å². The van der Waals surface area contributed by atoms with E-state index in [1.54, 1.807) is 13.0 Å². The molecular formula is C12H15Br2NO3S. The van der Waals surface area contributed by atoms with Crippen LogP contribution in [0.5, 0.6) is 0 Å². The number of hydrogen-bond donors (Lipinski definition) is 0. The summed E-state index contributed by atoms with van der Waals surface area (Å²) in [6.07, 6.45) is 0.791. The molecule has 1 aromatic rings. The topological polar surface area (TPSA) is 46.6 Å². The molecule has 0 aromatic carbocycles. The number of hydrogen-bond acceptors (Lipinski definition) is 4. The van der Waals surface area contributed by atoms with E-state index >= 15 is 0 Å². The van der Waals surface area contributed by atoms with E-state index in [9.17, 15) is 9.59 Å². The Morgan fingerprint density at radius 2 is 2.05 bits per heavy atom. The van der Waals surface area contributed by atoms with Crippen molar-refractivity contribution < 1.29 is 14.3 Å². The van der Waals surface area contributed by atoms with Crippen LogP contribution in [-0.4, -0.2) is 36.5 Å². The summed E-state index contributed by atoms with van der Waals surface area (Å²) < 4.78 is 6.59. The molecule has 0 aliphatic carbocycles. The second kappa shape index (κ2) is 8.01. The van der Waals surface area contributed by atoms with Crippen LogP contribution >= 0.6 is 43.2 Å². The molecule has 0 bridgehead atoms. The van der Waals surface area contributed by atoms with Gasteiger partial charge < -0.3 is 9.64 Å². The third-order valence-corrected chi connectivity index (χ3v) is 5.51. The lowest BCUT2D eigenvalue weighted by Gasteiger charge is -2.20. The minimum Gasteiger partial charge on any atom is -0.465 e. The summed E-state index contributed by atoms with van der Waals surface area (Å²) in [5, 5.41) is 0. The minimum atomic E-state index is -0.376. The molecule has 1 aromatic heterocycles. The van der Waals surface area contributed by atoms with Gasteiger partial charge in [0, 0.05) is 11.0 Å². The van der Waals surface area contributed by atoms with Gasteiger partial charge in [0.2, 0.25) is 0 Å². The number of amides is 1. The van der Waals surface area contributed by atoms with E-state index in [-0.39, 0.29) is 18.4 Å². The smallest absolute Gasteiger partial charge is 0.325 e. The van der Waals surface area contributed by atoms with Crippen molar-refractivity contribution in [2.45, 2.75) is 20.3 Å². The molecule has 0 spiro atoms. The van der Waals surface area contributed by atoms with Gasteiger partial charge in [-0.3, -0.25) is 9.59 Å². The largest absolute Gasteiger partial charge is 0.465 e. The highest BCUT2D eigenvalue weighted by Crippen LogP contribution is 2.33. The summed E-state index contributed by atoms with van der Waals surface area (Å²) in [6, 6.07) is 1.75. The number of esters is 1. The number of carbonyl (C=O) groups excluding carboxylic acids is 2. The number of nitrogens with zero attached hydrogens (tertiary/aromatic N) is 1. The first-order valence-electron chi connectivity index (χ1n) is 5.89. The van der Waals surface area contributed by atoms with Crippen molar-refractivity contribution in [1.29, 1.82) is 0 Å². The predicted octanol–water partition coefficient (Wildman–Crippen LogP) is 3.69. The van der Waals surface area contributed by atoms with E-state index in [0.29, 0.717) is 18.0 Å². The van der Waals surface area contributed by atoms with Gasteiger partial charge in [0.05, 0.1) is 15.3 Å². The molecule has 0 aliphatic rings. The number of rotatable bonds is 6. The molecule has 1 rings (SSSR count). The molecule has 1 heterocycles. The first-order valence-corrected chi connectivity index (χ1v) is 8.29. The molecule has 0 saturated carbocycles. The zero-order valence-electron chi connectivity index (χ0n) is 10.7. The standard InChI is InChI=1S/C12H15Br2NO3S/c1-3-5-15(7-10(16)18-4-2)12(17)9-6-8(13)11(14)19-9/h6H,3-5,7H2,1-2H3. The van der Waals surface area contributed by atoms with Crippen molar-refractivity contribution in [3.63, 3.8) is 0 Å². The van der Waals surface area contributed by atoms with Gasteiger partial charge in [-0.05, 0) is 51.3 Å². The summed E-state index contributed by atoms with van der Waals surface area (Å²) in [5.74, 6) is -0.523. The number of ether oxygens (including phenoxy) is 1. The molecule has 0 radical (unpaired) electrons. The van der Waals surface area contributed by atoms with Crippen LogP contribution in [0.15, 0.2) is 14.3 Å². The van der Waals surface area contributed by atoms with Crippen LogP contribution in [0.4, 0.5) is 0 Å². The van der Waals surface area contributed by atoms with Crippen LogP contribution in [-0.2, 0) is 9.53 Å². The lowest BCUT2D eigenvalue weighted by Crippen LogP contribution is -2.36. The molecular weight excluding hydrogens is 398 g/mol. The van der Waals surface area contributed by atoms with Crippen LogP contribution in [0.1, 0.15) is 29.9 Å². The normalized spacial score (nSPS) is 10.3. The van der Waals surface area contributed by atoms with E-state index in [1.165, 1.54) is 16.2 Å². The van der Waals surface area contributed by atoms with Crippen LogP contribution in [0.2, 0.25) is 0 Å². The Bertz CT molecular complexity index is 442. The van der Waals surface area contributed by atoms with E-state index in [4.69, 9.17) is 4.74 Å². The molecule has 4 nitrogen and oxygen atoms in total. The van der Waals surface area contributed by atoms with Gasteiger partial charge in [0.25, 0.3) is 5.91 Å². The highest BCUT2D eigenvalue weighted by Gasteiger charge is 2.21. The highest BCUT2D eigenvalue weighted by molar-refractivity contribution is 9.13. The lowest BCUT2D eigenvalue weighted by atomic mass is 10.3.